The average Bonchev–Trinajstić information content (AvgIpc) is 2.73. The van der Waals surface area contributed by atoms with Crippen molar-refractivity contribution in [1.82, 2.24) is 5.43 Å². The molecule has 0 saturated carbocycles. The van der Waals surface area contributed by atoms with Gasteiger partial charge in [-0.3, -0.25) is 9.59 Å². The Morgan fingerprint density at radius 1 is 1.03 bits per heavy atom. The third-order valence-electron chi connectivity index (χ3n) is 5.28. The second-order valence-corrected chi connectivity index (χ2v) is 7.77. The van der Waals surface area contributed by atoms with Crippen LogP contribution in [0, 0.1) is 12.8 Å². The second-order valence-electron chi connectivity index (χ2n) is 7.77. The number of amides is 2. The van der Waals surface area contributed by atoms with Crippen LogP contribution in [0.2, 0.25) is 0 Å². The Kier molecular flexibility index (Phi) is 6.62. The molecule has 1 aliphatic carbocycles. The zero-order valence-electron chi connectivity index (χ0n) is 17.7. The highest BCUT2D eigenvalue weighted by molar-refractivity contribution is 6.05. The van der Waals surface area contributed by atoms with Gasteiger partial charge in [-0.15, -0.1) is 0 Å². The third-order valence-corrected chi connectivity index (χ3v) is 5.28. The summed E-state index contributed by atoms with van der Waals surface area (Å²) in [5.74, 6) is -0.112. The van der Waals surface area contributed by atoms with E-state index >= 15 is 0 Å². The predicted octanol–water partition coefficient (Wildman–Crippen LogP) is 5.27. The molecule has 3 rings (SSSR count). The highest BCUT2D eigenvalue weighted by Crippen LogP contribution is 2.26. The molecule has 1 atom stereocenters. The van der Waals surface area contributed by atoms with Crippen LogP contribution < -0.4 is 10.7 Å². The van der Waals surface area contributed by atoms with E-state index < -0.39 is 0 Å². The van der Waals surface area contributed by atoms with Crippen LogP contribution in [0.5, 0.6) is 0 Å². The van der Waals surface area contributed by atoms with Gasteiger partial charge in [0.25, 0.3) is 11.8 Å². The van der Waals surface area contributed by atoms with Gasteiger partial charge in [0.2, 0.25) is 0 Å². The van der Waals surface area contributed by atoms with Gasteiger partial charge in [-0.2, -0.15) is 5.10 Å². The van der Waals surface area contributed by atoms with Gasteiger partial charge in [0, 0.05) is 16.8 Å². The molecular formula is C25H27N3O2. The lowest BCUT2D eigenvalue weighted by Gasteiger charge is -2.22. The van der Waals surface area contributed by atoms with Crippen molar-refractivity contribution in [2.75, 3.05) is 5.32 Å². The maximum atomic E-state index is 12.5. The molecule has 30 heavy (non-hydrogen) atoms. The highest BCUT2D eigenvalue weighted by Gasteiger charge is 2.19. The normalized spacial score (nSPS) is 17.2. The molecule has 2 N–H and O–H groups in total. The summed E-state index contributed by atoms with van der Waals surface area (Å²) in [4.78, 5) is 24.8. The van der Waals surface area contributed by atoms with E-state index in [4.69, 9.17) is 0 Å². The minimum atomic E-state index is -0.288. The fraction of sp³-hybridized carbons (Fsp3) is 0.240. The van der Waals surface area contributed by atoms with Crippen LogP contribution in [-0.4, -0.2) is 17.5 Å². The first-order valence-electron chi connectivity index (χ1n) is 10.0. The zero-order chi connectivity index (χ0) is 21.7. The lowest BCUT2D eigenvalue weighted by atomic mass is 9.85. The molecule has 0 aromatic heterocycles. The summed E-state index contributed by atoms with van der Waals surface area (Å²) >= 11 is 0. The summed E-state index contributed by atoms with van der Waals surface area (Å²) in [6.45, 7) is 10.0. The Bertz CT molecular complexity index is 1030. The predicted molar refractivity (Wildman–Crippen MR) is 122 cm³/mol. The van der Waals surface area contributed by atoms with Gasteiger partial charge in [-0.1, -0.05) is 35.9 Å². The van der Waals surface area contributed by atoms with Crippen LogP contribution in [0.3, 0.4) is 0 Å². The summed E-state index contributed by atoms with van der Waals surface area (Å²) in [6.07, 6.45) is 3.88. The lowest BCUT2D eigenvalue weighted by molar-refractivity contribution is 0.0954. The number of rotatable bonds is 5. The number of hydrazone groups is 1. The quantitative estimate of drug-likeness (QED) is 0.529. The molecular weight excluding hydrogens is 374 g/mol. The number of anilines is 1. The van der Waals surface area contributed by atoms with Gasteiger partial charge in [-0.25, -0.2) is 5.43 Å². The van der Waals surface area contributed by atoms with Crippen molar-refractivity contribution in [2.45, 2.75) is 33.6 Å². The number of hydrogen-bond acceptors (Lipinski definition) is 3. The van der Waals surface area contributed by atoms with Crippen molar-refractivity contribution in [3.05, 3.63) is 89.0 Å². The molecule has 5 heteroatoms. The molecule has 154 valence electrons. The number of carbonyl (C=O) groups is 2. The lowest BCUT2D eigenvalue weighted by Crippen LogP contribution is -2.23. The summed E-state index contributed by atoms with van der Waals surface area (Å²) in [6, 6.07) is 14.1. The van der Waals surface area contributed by atoms with Crippen LogP contribution in [0.25, 0.3) is 0 Å². The largest absolute Gasteiger partial charge is 0.322 e. The monoisotopic (exact) mass is 401 g/mol. The summed E-state index contributed by atoms with van der Waals surface area (Å²) in [5, 5.41) is 7.17. The number of nitrogens with zero attached hydrogens (tertiary/aromatic N) is 1. The first kappa shape index (κ1) is 21.2. The number of allylic oxidation sites excluding steroid dienone is 3. The first-order chi connectivity index (χ1) is 14.3. The molecule has 1 aliphatic rings. The van der Waals surface area contributed by atoms with Crippen molar-refractivity contribution in [3.63, 3.8) is 0 Å². The zero-order valence-corrected chi connectivity index (χ0v) is 17.7. The molecule has 0 fully saturated rings. The van der Waals surface area contributed by atoms with E-state index in [2.05, 4.69) is 28.5 Å². The minimum Gasteiger partial charge on any atom is -0.322 e. The van der Waals surface area contributed by atoms with E-state index in [1.807, 2.05) is 39.0 Å². The average molecular weight is 402 g/mol. The van der Waals surface area contributed by atoms with Gasteiger partial charge in [0.05, 0.1) is 5.71 Å². The summed E-state index contributed by atoms with van der Waals surface area (Å²) < 4.78 is 0. The number of benzene rings is 2. The molecule has 0 unspecified atom stereocenters. The van der Waals surface area contributed by atoms with Gasteiger partial charge in [0.1, 0.15) is 0 Å². The van der Waals surface area contributed by atoms with Crippen LogP contribution >= 0.6 is 0 Å². The van der Waals surface area contributed by atoms with Crippen molar-refractivity contribution >= 4 is 23.2 Å². The van der Waals surface area contributed by atoms with E-state index in [0.717, 1.165) is 35.3 Å². The molecule has 2 aromatic rings. The fourth-order valence-corrected chi connectivity index (χ4v) is 3.30. The number of carbonyl (C=O) groups excluding carboxylic acids is 2. The van der Waals surface area contributed by atoms with E-state index in [9.17, 15) is 9.59 Å². The molecule has 0 heterocycles. The van der Waals surface area contributed by atoms with Gasteiger partial charge in [0.15, 0.2) is 0 Å². The number of hydrogen-bond donors (Lipinski definition) is 2. The Hall–Kier alpha value is -3.47. The van der Waals surface area contributed by atoms with E-state index in [0.29, 0.717) is 22.7 Å². The third kappa shape index (κ3) is 5.32. The van der Waals surface area contributed by atoms with Crippen molar-refractivity contribution in [2.24, 2.45) is 11.0 Å². The Labute approximate surface area is 177 Å². The topological polar surface area (TPSA) is 70.6 Å². The minimum absolute atomic E-state index is 0.186. The molecule has 0 bridgehead atoms. The standard InChI is InChI=1S/C25H27N3O2/c1-16(2)20-9-8-18(4)23(15-20)27-28-25(30)19-10-12-22(13-11-19)26-24(29)21-7-5-6-17(3)14-21/h5-8,10-14,20H,1,9,15H2,2-4H3,(H,26,29)(H,28,30)/t20-/m1/s1. The maximum absolute atomic E-state index is 12.5. The Morgan fingerprint density at radius 3 is 2.43 bits per heavy atom. The van der Waals surface area contributed by atoms with Crippen molar-refractivity contribution in [3.8, 4) is 0 Å². The molecule has 0 spiro atoms. The summed E-state index contributed by atoms with van der Waals surface area (Å²) in [5.41, 5.74) is 8.45. The van der Waals surface area contributed by atoms with E-state index in [1.165, 1.54) is 0 Å². The van der Waals surface area contributed by atoms with Crippen molar-refractivity contribution < 1.29 is 9.59 Å². The molecule has 0 aliphatic heterocycles. The van der Waals surface area contributed by atoms with Gasteiger partial charge < -0.3 is 5.32 Å². The van der Waals surface area contributed by atoms with Crippen LogP contribution in [0.4, 0.5) is 5.69 Å². The van der Waals surface area contributed by atoms with Gasteiger partial charge in [-0.05, 0) is 81.5 Å². The van der Waals surface area contributed by atoms with Crippen LogP contribution in [-0.2, 0) is 0 Å². The smallest absolute Gasteiger partial charge is 0.271 e. The molecule has 0 saturated heterocycles. The maximum Gasteiger partial charge on any atom is 0.271 e. The van der Waals surface area contributed by atoms with Crippen molar-refractivity contribution in [1.29, 1.82) is 0 Å². The van der Waals surface area contributed by atoms with E-state index in [1.54, 1.807) is 30.3 Å². The number of aryl methyl sites for hydroxylation is 1. The highest BCUT2D eigenvalue weighted by atomic mass is 16.2. The SMILES string of the molecule is C=C(C)[C@@H]1CC=C(C)C(=NNC(=O)c2ccc(NC(=O)c3cccc(C)c3)cc2)C1. The molecule has 0 radical (unpaired) electrons. The Morgan fingerprint density at radius 2 is 1.77 bits per heavy atom. The first-order valence-corrected chi connectivity index (χ1v) is 10.0. The Balaban J connectivity index is 1.62. The van der Waals surface area contributed by atoms with Crippen LogP contribution in [0.1, 0.15) is 53.0 Å². The van der Waals surface area contributed by atoms with Gasteiger partial charge >= 0.3 is 0 Å². The molecule has 2 amide bonds. The number of nitrogens with one attached hydrogen (secondary N) is 2. The fourth-order valence-electron chi connectivity index (χ4n) is 3.30. The van der Waals surface area contributed by atoms with E-state index in [-0.39, 0.29) is 11.8 Å². The molecule has 5 nitrogen and oxygen atoms in total. The molecule has 2 aromatic carbocycles. The summed E-state index contributed by atoms with van der Waals surface area (Å²) in [7, 11) is 0. The second kappa shape index (κ2) is 9.35. The van der Waals surface area contributed by atoms with Crippen LogP contribution in [0.15, 0.2) is 77.4 Å².